The van der Waals surface area contributed by atoms with Gasteiger partial charge in [0.15, 0.2) is 0 Å². The summed E-state index contributed by atoms with van der Waals surface area (Å²) >= 11 is 0. The average Bonchev–Trinajstić information content (AvgIpc) is 3.02. The lowest BCUT2D eigenvalue weighted by molar-refractivity contribution is -0.147. The van der Waals surface area contributed by atoms with Crippen LogP contribution in [0.3, 0.4) is 0 Å². The molecule has 0 radical (unpaired) electrons. The van der Waals surface area contributed by atoms with E-state index in [1.807, 2.05) is 6.92 Å². The van der Waals surface area contributed by atoms with Crippen molar-refractivity contribution in [2.45, 2.75) is 44.8 Å². The third-order valence-electron chi connectivity index (χ3n) is 3.51. The van der Waals surface area contributed by atoms with Gasteiger partial charge in [0.25, 0.3) is 0 Å². The van der Waals surface area contributed by atoms with E-state index in [-0.39, 0.29) is 30.5 Å². The van der Waals surface area contributed by atoms with Crippen molar-refractivity contribution in [3.05, 3.63) is 0 Å². The van der Waals surface area contributed by atoms with Crippen LogP contribution in [0.1, 0.15) is 32.6 Å². The molecule has 96 valence electrons. The summed E-state index contributed by atoms with van der Waals surface area (Å²) in [6.45, 7) is 2.44. The van der Waals surface area contributed by atoms with Crippen molar-refractivity contribution in [2.24, 2.45) is 5.92 Å². The van der Waals surface area contributed by atoms with Gasteiger partial charge < -0.3 is 14.7 Å². The summed E-state index contributed by atoms with van der Waals surface area (Å²) in [5.41, 5.74) is 0. The predicted molar refractivity (Wildman–Crippen MR) is 60.5 cm³/mol. The lowest BCUT2D eigenvalue weighted by Gasteiger charge is -2.25. The van der Waals surface area contributed by atoms with Crippen LogP contribution >= 0.6 is 0 Å². The minimum atomic E-state index is -0.933. The number of hydrogen-bond acceptors (Lipinski definition) is 3. The summed E-state index contributed by atoms with van der Waals surface area (Å²) in [5, 5.41) is 8.85. The van der Waals surface area contributed by atoms with E-state index in [1.165, 1.54) is 4.90 Å². The van der Waals surface area contributed by atoms with Crippen molar-refractivity contribution >= 4 is 11.9 Å². The van der Waals surface area contributed by atoms with Crippen molar-refractivity contribution in [2.75, 3.05) is 13.2 Å². The van der Waals surface area contributed by atoms with Gasteiger partial charge in [-0.25, -0.2) is 0 Å². The fraction of sp³-hybridized carbons (Fsp3) is 0.833. The van der Waals surface area contributed by atoms with Crippen LogP contribution in [-0.2, 0) is 14.3 Å². The van der Waals surface area contributed by atoms with E-state index in [0.717, 1.165) is 25.7 Å². The summed E-state index contributed by atoms with van der Waals surface area (Å²) in [4.78, 5) is 24.6. The highest BCUT2D eigenvalue weighted by atomic mass is 16.5. The van der Waals surface area contributed by atoms with Gasteiger partial charge in [-0.05, 0) is 25.7 Å². The number of nitrogens with zero attached hydrogens (tertiary/aromatic N) is 1. The van der Waals surface area contributed by atoms with Gasteiger partial charge in [-0.2, -0.15) is 0 Å². The SMILES string of the molecule is CCC1OCCC1C(=O)N(CC(=O)O)C1CC1. The molecule has 17 heavy (non-hydrogen) atoms. The quantitative estimate of drug-likeness (QED) is 0.775. The fourth-order valence-corrected chi connectivity index (χ4v) is 2.47. The minimum absolute atomic E-state index is 0.0285. The van der Waals surface area contributed by atoms with E-state index < -0.39 is 5.97 Å². The van der Waals surface area contributed by atoms with Crippen LogP contribution in [0, 0.1) is 5.92 Å². The van der Waals surface area contributed by atoms with Gasteiger partial charge in [0.1, 0.15) is 6.54 Å². The van der Waals surface area contributed by atoms with Gasteiger partial charge in [-0.1, -0.05) is 6.92 Å². The summed E-state index contributed by atoms with van der Waals surface area (Å²) < 4.78 is 5.50. The maximum absolute atomic E-state index is 12.3. The third kappa shape index (κ3) is 2.77. The van der Waals surface area contributed by atoms with Crippen molar-refractivity contribution in [3.8, 4) is 0 Å². The molecule has 2 atom stereocenters. The molecule has 1 saturated heterocycles. The Hall–Kier alpha value is -1.10. The third-order valence-corrected chi connectivity index (χ3v) is 3.51. The molecule has 0 aromatic heterocycles. The van der Waals surface area contributed by atoms with Crippen LogP contribution in [0.5, 0.6) is 0 Å². The zero-order chi connectivity index (χ0) is 12.4. The van der Waals surface area contributed by atoms with Gasteiger partial charge in [-0.3, -0.25) is 9.59 Å². The maximum atomic E-state index is 12.3. The Morgan fingerprint density at radius 1 is 1.35 bits per heavy atom. The number of carbonyl (C=O) groups is 2. The van der Waals surface area contributed by atoms with E-state index in [9.17, 15) is 9.59 Å². The monoisotopic (exact) mass is 241 g/mol. The second kappa shape index (κ2) is 5.04. The molecule has 0 aromatic rings. The van der Waals surface area contributed by atoms with Gasteiger partial charge in [0.2, 0.25) is 5.91 Å². The van der Waals surface area contributed by atoms with Crippen LogP contribution in [0.25, 0.3) is 0 Å². The molecule has 5 nitrogen and oxygen atoms in total. The first kappa shape index (κ1) is 12.4. The second-order valence-electron chi connectivity index (χ2n) is 4.80. The highest BCUT2D eigenvalue weighted by Crippen LogP contribution is 2.32. The van der Waals surface area contributed by atoms with Crippen LogP contribution in [0.2, 0.25) is 0 Å². The Bertz CT molecular complexity index is 314. The number of carboxylic acid groups (broad SMARTS) is 1. The van der Waals surface area contributed by atoms with Gasteiger partial charge in [0, 0.05) is 12.6 Å². The van der Waals surface area contributed by atoms with E-state index in [1.54, 1.807) is 0 Å². The van der Waals surface area contributed by atoms with Crippen LogP contribution in [0.4, 0.5) is 0 Å². The van der Waals surface area contributed by atoms with Gasteiger partial charge in [0.05, 0.1) is 12.0 Å². The summed E-state index contributed by atoms with van der Waals surface area (Å²) in [6, 6.07) is 0.150. The first-order valence-electron chi connectivity index (χ1n) is 6.27. The molecular weight excluding hydrogens is 222 g/mol. The molecular formula is C12H19NO4. The predicted octanol–water partition coefficient (Wildman–Crippen LogP) is 0.877. The number of amides is 1. The molecule has 1 amide bonds. The lowest BCUT2D eigenvalue weighted by atomic mass is 9.98. The molecule has 2 fully saturated rings. The summed E-state index contributed by atoms with van der Waals surface area (Å²) in [7, 11) is 0. The Kier molecular flexibility index (Phi) is 3.66. The zero-order valence-corrected chi connectivity index (χ0v) is 10.1. The molecule has 5 heteroatoms. The van der Waals surface area contributed by atoms with Crippen molar-refractivity contribution in [3.63, 3.8) is 0 Å². The first-order valence-corrected chi connectivity index (χ1v) is 6.27. The second-order valence-corrected chi connectivity index (χ2v) is 4.80. The number of hydrogen-bond donors (Lipinski definition) is 1. The smallest absolute Gasteiger partial charge is 0.323 e. The number of aliphatic carboxylic acids is 1. The maximum Gasteiger partial charge on any atom is 0.323 e. The van der Waals surface area contributed by atoms with Crippen molar-refractivity contribution in [1.29, 1.82) is 0 Å². The molecule has 0 aromatic carbocycles. The van der Waals surface area contributed by atoms with E-state index in [0.29, 0.717) is 6.61 Å². The Morgan fingerprint density at radius 3 is 2.59 bits per heavy atom. The topological polar surface area (TPSA) is 66.8 Å². The molecule has 1 heterocycles. The van der Waals surface area contributed by atoms with E-state index in [2.05, 4.69) is 0 Å². The molecule has 1 N–H and O–H groups in total. The van der Waals surface area contributed by atoms with Crippen molar-refractivity contribution in [1.82, 2.24) is 4.90 Å². The largest absolute Gasteiger partial charge is 0.480 e. The van der Waals surface area contributed by atoms with Gasteiger partial charge in [-0.15, -0.1) is 0 Å². The number of ether oxygens (including phenoxy) is 1. The zero-order valence-electron chi connectivity index (χ0n) is 10.1. The molecule has 1 aliphatic carbocycles. The molecule has 1 aliphatic heterocycles. The standard InChI is InChI=1S/C12H19NO4/c1-2-10-9(5-6-17-10)12(16)13(7-11(14)15)8-3-4-8/h8-10H,2-7H2,1H3,(H,14,15). The Labute approximate surface area is 101 Å². The molecule has 0 spiro atoms. The number of rotatable bonds is 5. The summed E-state index contributed by atoms with van der Waals surface area (Å²) in [5.74, 6) is -1.10. The molecule has 2 unspecified atom stereocenters. The normalized spacial score (nSPS) is 28.1. The fourth-order valence-electron chi connectivity index (χ4n) is 2.47. The van der Waals surface area contributed by atoms with Crippen molar-refractivity contribution < 1.29 is 19.4 Å². The molecule has 2 aliphatic rings. The Balaban J connectivity index is 2.02. The summed E-state index contributed by atoms with van der Waals surface area (Å²) in [6.07, 6.45) is 3.37. The number of carbonyl (C=O) groups excluding carboxylic acids is 1. The highest BCUT2D eigenvalue weighted by Gasteiger charge is 2.41. The van der Waals surface area contributed by atoms with Gasteiger partial charge >= 0.3 is 5.97 Å². The van der Waals surface area contributed by atoms with Crippen LogP contribution < -0.4 is 0 Å². The van der Waals surface area contributed by atoms with E-state index in [4.69, 9.17) is 9.84 Å². The minimum Gasteiger partial charge on any atom is -0.480 e. The lowest BCUT2D eigenvalue weighted by Crippen LogP contribution is -2.43. The van der Waals surface area contributed by atoms with E-state index >= 15 is 0 Å². The molecule has 0 bridgehead atoms. The Morgan fingerprint density at radius 2 is 2.06 bits per heavy atom. The molecule has 2 rings (SSSR count). The highest BCUT2D eigenvalue weighted by molar-refractivity contribution is 5.84. The average molecular weight is 241 g/mol. The molecule has 1 saturated carbocycles. The number of carboxylic acids is 1. The van der Waals surface area contributed by atoms with Crippen LogP contribution in [-0.4, -0.2) is 47.2 Å². The van der Waals surface area contributed by atoms with Crippen LogP contribution in [0.15, 0.2) is 0 Å². The first-order chi connectivity index (χ1) is 8.13.